The number of benzene rings is 1. The fourth-order valence-electron chi connectivity index (χ4n) is 4.69. The lowest BCUT2D eigenvalue weighted by Gasteiger charge is -2.40. The van der Waals surface area contributed by atoms with E-state index in [1.165, 1.54) is 6.07 Å². The van der Waals surface area contributed by atoms with Gasteiger partial charge in [-0.15, -0.1) is 10.2 Å². The van der Waals surface area contributed by atoms with E-state index in [-0.39, 0.29) is 29.3 Å². The number of halogens is 2. The van der Waals surface area contributed by atoms with Crippen molar-refractivity contribution in [3.63, 3.8) is 0 Å². The van der Waals surface area contributed by atoms with Gasteiger partial charge in [0.25, 0.3) is 6.43 Å². The molecule has 2 bridgehead atoms. The Kier molecular flexibility index (Phi) is 4.88. The molecule has 4 atom stereocenters. The van der Waals surface area contributed by atoms with Crippen molar-refractivity contribution in [1.29, 1.82) is 0 Å². The molecule has 2 aromatic heterocycles. The molecule has 30 heavy (non-hydrogen) atoms. The van der Waals surface area contributed by atoms with Crippen LogP contribution in [0.3, 0.4) is 0 Å². The average molecular weight is 416 g/mol. The average Bonchev–Trinajstić information content (AvgIpc) is 3.11. The summed E-state index contributed by atoms with van der Waals surface area (Å²) < 4.78 is 32.8. The SMILES string of the molecule is Oc1ccccc1-c1cc2c(C(O)C(F)F)c(C3C[C@H]4COC[C@@H](C3)N4)[nH]c2nn1. The first kappa shape index (κ1) is 19.3. The van der Waals surface area contributed by atoms with Crippen LogP contribution in [-0.4, -0.2) is 57.1 Å². The van der Waals surface area contributed by atoms with Crippen LogP contribution >= 0.6 is 0 Å². The molecular weight excluding hydrogens is 394 g/mol. The van der Waals surface area contributed by atoms with Gasteiger partial charge in [0, 0.05) is 40.2 Å². The number of phenols is 1. The summed E-state index contributed by atoms with van der Waals surface area (Å²) in [5, 5.41) is 32.8. The summed E-state index contributed by atoms with van der Waals surface area (Å²) in [4.78, 5) is 3.15. The van der Waals surface area contributed by atoms with Gasteiger partial charge in [0.1, 0.15) is 11.9 Å². The molecule has 3 aromatic rings. The molecule has 4 heterocycles. The van der Waals surface area contributed by atoms with E-state index in [4.69, 9.17) is 4.74 Å². The van der Waals surface area contributed by atoms with Gasteiger partial charge < -0.3 is 25.3 Å². The molecule has 2 aliphatic rings. The smallest absolute Gasteiger partial charge is 0.268 e. The number of hydrogen-bond donors (Lipinski definition) is 4. The molecule has 0 amide bonds. The van der Waals surface area contributed by atoms with Gasteiger partial charge in [0.05, 0.1) is 18.9 Å². The number of hydrogen-bond acceptors (Lipinski definition) is 6. The van der Waals surface area contributed by atoms with Crippen molar-refractivity contribution in [3.05, 3.63) is 41.6 Å². The fraction of sp³-hybridized carbons (Fsp3) is 0.429. The number of aromatic hydroxyl groups is 1. The normalized spacial score (nSPS) is 25.0. The number of aliphatic hydroxyl groups is 1. The van der Waals surface area contributed by atoms with E-state index in [9.17, 15) is 19.0 Å². The maximum absolute atomic E-state index is 13.6. The predicted octanol–water partition coefficient (Wildman–Crippen LogP) is 2.86. The number of fused-ring (bicyclic) bond motifs is 3. The first-order chi connectivity index (χ1) is 14.5. The molecule has 0 spiro atoms. The summed E-state index contributed by atoms with van der Waals surface area (Å²) in [5.74, 6) is -0.0135. The van der Waals surface area contributed by atoms with Gasteiger partial charge in [-0.05, 0) is 31.0 Å². The minimum atomic E-state index is -2.94. The lowest BCUT2D eigenvalue weighted by atomic mass is 9.82. The summed E-state index contributed by atoms with van der Waals surface area (Å²) in [7, 11) is 0. The number of rotatable bonds is 4. The van der Waals surface area contributed by atoms with E-state index >= 15 is 0 Å². The quantitative estimate of drug-likeness (QED) is 0.522. The number of para-hydroxylation sites is 1. The van der Waals surface area contributed by atoms with Gasteiger partial charge in [-0.2, -0.15) is 0 Å². The molecule has 2 aliphatic heterocycles. The van der Waals surface area contributed by atoms with Crippen molar-refractivity contribution < 1.29 is 23.7 Å². The highest BCUT2D eigenvalue weighted by atomic mass is 19.3. The molecule has 0 saturated carbocycles. The van der Waals surface area contributed by atoms with E-state index in [2.05, 4.69) is 20.5 Å². The zero-order valence-corrected chi connectivity index (χ0v) is 16.1. The van der Waals surface area contributed by atoms with Crippen molar-refractivity contribution in [3.8, 4) is 17.0 Å². The summed E-state index contributed by atoms with van der Waals surface area (Å²) in [6, 6.07) is 8.52. The molecule has 1 aromatic carbocycles. The third kappa shape index (κ3) is 3.32. The summed E-state index contributed by atoms with van der Waals surface area (Å²) >= 11 is 0. The highest BCUT2D eigenvalue weighted by molar-refractivity contribution is 5.86. The van der Waals surface area contributed by atoms with Crippen LogP contribution in [0.25, 0.3) is 22.3 Å². The number of ether oxygens (including phenoxy) is 1. The number of aromatic amines is 1. The topological polar surface area (TPSA) is 103 Å². The van der Waals surface area contributed by atoms with Crippen molar-refractivity contribution in [2.75, 3.05) is 13.2 Å². The molecular formula is C21H22F2N4O3. The second-order valence-corrected chi connectivity index (χ2v) is 8.01. The number of phenolic OH excluding ortho intramolecular Hbond substituents is 1. The van der Waals surface area contributed by atoms with Gasteiger partial charge in [0.2, 0.25) is 0 Å². The second kappa shape index (κ2) is 7.57. The van der Waals surface area contributed by atoms with E-state index in [1.54, 1.807) is 24.3 Å². The first-order valence-electron chi connectivity index (χ1n) is 9.99. The van der Waals surface area contributed by atoms with Crippen LogP contribution < -0.4 is 5.32 Å². The van der Waals surface area contributed by atoms with Crippen LogP contribution in [0, 0.1) is 0 Å². The van der Waals surface area contributed by atoms with Gasteiger partial charge in [-0.1, -0.05) is 12.1 Å². The van der Waals surface area contributed by atoms with Gasteiger partial charge in [0.15, 0.2) is 5.65 Å². The monoisotopic (exact) mass is 416 g/mol. The lowest BCUT2D eigenvalue weighted by Crippen LogP contribution is -2.53. The highest BCUT2D eigenvalue weighted by Gasteiger charge is 2.37. The van der Waals surface area contributed by atoms with Gasteiger partial charge >= 0.3 is 0 Å². The summed E-state index contributed by atoms with van der Waals surface area (Å²) in [6.07, 6.45) is -3.45. The molecule has 4 N–H and O–H groups in total. The Balaban J connectivity index is 1.63. The van der Waals surface area contributed by atoms with E-state index in [0.717, 1.165) is 0 Å². The number of alkyl halides is 2. The maximum atomic E-state index is 13.6. The van der Waals surface area contributed by atoms with Crippen LogP contribution in [0.2, 0.25) is 0 Å². The van der Waals surface area contributed by atoms with Crippen LogP contribution in [-0.2, 0) is 4.74 Å². The van der Waals surface area contributed by atoms with E-state index in [1.807, 2.05) is 0 Å². The number of nitrogens with one attached hydrogen (secondary N) is 2. The molecule has 0 aliphatic carbocycles. The zero-order chi connectivity index (χ0) is 20.8. The number of aromatic nitrogens is 3. The van der Waals surface area contributed by atoms with E-state index in [0.29, 0.717) is 54.0 Å². The molecule has 158 valence electrons. The zero-order valence-electron chi connectivity index (χ0n) is 16.1. The standard InChI is InChI=1S/C21H22F2N4O3/c22-20(23)19(29)17-14-7-15(13-3-1-2-4-16(13)28)26-27-21(14)25-18(17)10-5-11-8-30-9-12(6-10)24-11/h1-4,7,10-12,19-20,24,28-29H,5-6,8-9H2,(H,25,27)/t10?,11-,12+,19?. The number of piperidine rings is 1. The van der Waals surface area contributed by atoms with Crippen molar-refractivity contribution >= 4 is 11.0 Å². The Hall–Kier alpha value is -2.62. The molecule has 9 heteroatoms. The van der Waals surface area contributed by atoms with Gasteiger partial charge in [-0.25, -0.2) is 8.78 Å². The molecule has 7 nitrogen and oxygen atoms in total. The molecule has 0 radical (unpaired) electrons. The van der Waals surface area contributed by atoms with Crippen molar-refractivity contribution in [2.45, 2.75) is 43.4 Å². The number of aliphatic hydroxyl groups excluding tert-OH is 1. The predicted molar refractivity (Wildman–Crippen MR) is 105 cm³/mol. The molecule has 2 unspecified atom stereocenters. The summed E-state index contributed by atoms with van der Waals surface area (Å²) in [6.45, 7) is 1.16. The lowest BCUT2D eigenvalue weighted by molar-refractivity contribution is -0.00685. The third-order valence-corrected chi connectivity index (χ3v) is 6.00. The Morgan fingerprint density at radius 3 is 2.53 bits per heavy atom. The summed E-state index contributed by atoms with van der Waals surface area (Å²) in [5.41, 5.74) is 1.89. The van der Waals surface area contributed by atoms with Gasteiger partial charge in [-0.3, -0.25) is 0 Å². The molecule has 2 fully saturated rings. The number of morpholine rings is 1. The highest BCUT2D eigenvalue weighted by Crippen LogP contribution is 2.41. The molecule has 5 rings (SSSR count). The third-order valence-electron chi connectivity index (χ3n) is 6.00. The van der Waals surface area contributed by atoms with Crippen LogP contribution in [0.15, 0.2) is 30.3 Å². The largest absolute Gasteiger partial charge is 0.507 e. The molecule has 2 saturated heterocycles. The Morgan fingerprint density at radius 2 is 1.83 bits per heavy atom. The number of H-pyrrole nitrogens is 1. The van der Waals surface area contributed by atoms with Crippen molar-refractivity contribution in [2.24, 2.45) is 0 Å². The van der Waals surface area contributed by atoms with Crippen molar-refractivity contribution in [1.82, 2.24) is 20.5 Å². The Bertz CT molecular complexity index is 1060. The van der Waals surface area contributed by atoms with Crippen LogP contribution in [0.1, 0.15) is 36.1 Å². The van der Waals surface area contributed by atoms with Crippen LogP contribution in [0.4, 0.5) is 8.78 Å². The fourth-order valence-corrected chi connectivity index (χ4v) is 4.69. The maximum Gasteiger partial charge on any atom is 0.268 e. The minimum absolute atomic E-state index is 0.0176. The minimum Gasteiger partial charge on any atom is -0.507 e. The Labute approximate surface area is 171 Å². The second-order valence-electron chi connectivity index (χ2n) is 8.01. The number of nitrogens with zero attached hydrogens (tertiary/aromatic N) is 2. The van der Waals surface area contributed by atoms with E-state index < -0.39 is 12.5 Å². The first-order valence-corrected chi connectivity index (χ1v) is 9.99. The van der Waals surface area contributed by atoms with Crippen LogP contribution in [0.5, 0.6) is 5.75 Å². The Morgan fingerprint density at radius 1 is 1.10 bits per heavy atom.